The number of hydrogen-bond donors (Lipinski definition) is 1. The van der Waals surface area contributed by atoms with Crippen LogP contribution in [0.2, 0.25) is 0 Å². The van der Waals surface area contributed by atoms with E-state index in [1.807, 2.05) is 38.1 Å². The number of nitrogens with one attached hydrogen (secondary N) is 1. The molecule has 1 aliphatic rings. The van der Waals surface area contributed by atoms with Gasteiger partial charge in [-0.2, -0.15) is 0 Å². The van der Waals surface area contributed by atoms with Crippen LogP contribution in [0.4, 0.5) is 5.69 Å². The lowest BCUT2D eigenvalue weighted by atomic mass is 9.85. The summed E-state index contributed by atoms with van der Waals surface area (Å²) in [6, 6.07) is 7.83. The van der Waals surface area contributed by atoms with Gasteiger partial charge < -0.3 is 9.84 Å². The van der Waals surface area contributed by atoms with Crippen LogP contribution in [-0.4, -0.2) is 11.1 Å². The molecule has 1 saturated carbocycles. The summed E-state index contributed by atoms with van der Waals surface area (Å²) < 4.78 is 5.18. The Balaban J connectivity index is 1.76. The molecule has 1 fully saturated rings. The van der Waals surface area contributed by atoms with Gasteiger partial charge >= 0.3 is 0 Å². The molecule has 0 saturated heterocycles. The van der Waals surface area contributed by atoms with E-state index < -0.39 is 0 Å². The Kier molecular flexibility index (Phi) is 3.30. The first kappa shape index (κ1) is 12.9. The Labute approximate surface area is 118 Å². The number of benzene rings is 1. The summed E-state index contributed by atoms with van der Waals surface area (Å²) in [5.41, 5.74) is 3.82. The second kappa shape index (κ2) is 5.12. The number of aromatic nitrogens is 1. The van der Waals surface area contributed by atoms with Crippen molar-refractivity contribution in [1.29, 1.82) is 0 Å². The zero-order chi connectivity index (χ0) is 14.1. The Morgan fingerprint density at radius 2 is 1.95 bits per heavy atom. The molecule has 4 heteroatoms. The van der Waals surface area contributed by atoms with Crippen LogP contribution in [0, 0.1) is 19.8 Å². The highest BCUT2D eigenvalue weighted by Crippen LogP contribution is 2.29. The minimum absolute atomic E-state index is 0.140. The van der Waals surface area contributed by atoms with Gasteiger partial charge in [0.15, 0.2) is 0 Å². The normalized spacial score (nSPS) is 14.9. The van der Waals surface area contributed by atoms with E-state index in [9.17, 15) is 4.79 Å². The van der Waals surface area contributed by atoms with Crippen molar-refractivity contribution in [1.82, 2.24) is 5.16 Å². The van der Waals surface area contributed by atoms with E-state index in [2.05, 4.69) is 10.5 Å². The minimum atomic E-state index is 0.140. The summed E-state index contributed by atoms with van der Waals surface area (Å²) in [6.45, 7) is 3.83. The average Bonchev–Trinajstić information content (AvgIpc) is 2.68. The topological polar surface area (TPSA) is 55.1 Å². The van der Waals surface area contributed by atoms with Gasteiger partial charge in [-0.3, -0.25) is 4.79 Å². The van der Waals surface area contributed by atoms with Crippen molar-refractivity contribution < 1.29 is 9.32 Å². The van der Waals surface area contributed by atoms with Crippen molar-refractivity contribution in [2.45, 2.75) is 33.1 Å². The highest BCUT2D eigenvalue weighted by Gasteiger charge is 2.25. The Hall–Kier alpha value is -2.10. The maximum absolute atomic E-state index is 11.9. The molecular weight excluding hydrogens is 252 g/mol. The van der Waals surface area contributed by atoms with Crippen molar-refractivity contribution in [3.05, 3.63) is 35.7 Å². The molecule has 0 spiro atoms. The maximum atomic E-state index is 11.9. The maximum Gasteiger partial charge on any atom is 0.227 e. The second-order valence-electron chi connectivity index (χ2n) is 5.39. The molecule has 1 aliphatic carbocycles. The number of carbonyl (C=O) groups is 1. The molecule has 20 heavy (non-hydrogen) atoms. The predicted molar refractivity (Wildman–Crippen MR) is 77.4 cm³/mol. The van der Waals surface area contributed by atoms with Crippen LogP contribution in [-0.2, 0) is 4.79 Å². The molecule has 0 bridgehead atoms. The molecule has 1 aromatic heterocycles. The third-order valence-corrected chi connectivity index (χ3v) is 3.95. The highest BCUT2D eigenvalue weighted by atomic mass is 16.5. The summed E-state index contributed by atoms with van der Waals surface area (Å²) in [6.07, 6.45) is 3.20. The van der Waals surface area contributed by atoms with E-state index in [0.29, 0.717) is 0 Å². The molecule has 1 N–H and O–H groups in total. The van der Waals surface area contributed by atoms with Gasteiger partial charge in [0.05, 0.1) is 5.69 Å². The first-order chi connectivity index (χ1) is 9.65. The molecule has 0 atom stereocenters. The zero-order valence-electron chi connectivity index (χ0n) is 11.8. The first-order valence-electron chi connectivity index (χ1n) is 6.99. The van der Waals surface area contributed by atoms with E-state index in [0.717, 1.165) is 41.1 Å². The molecule has 0 unspecified atom stereocenters. The molecule has 104 valence electrons. The van der Waals surface area contributed by atoms with Crippen molar-refractivity contribution in [3.63, 3.8) is 0 Å². The largest absolute Gasteiger partial charge is 0.361 e. The second-order valence-corrected chi connectivity index (χ2v) is 5.39. The van der Waals surface area contributed by atoms with Gasteiger partial charge in [-0.05, 0) is 44.4 Å². The van der Waals surface area contributed by atoms with Crippen molar-refractivity contribution in [2.75, 3.05) is 5.32 Å². The molecule has 0 aliphatic heterocycles. The quantitative estimate of drug-likeness (QED) is 0.925. The van der Waals surface area contributed by atoms with E-state index in [-0.39, 0.29) is 11.8 Å². The van der Waals surface area contributed by atoms with Crippen LogP contribution in [0.1, 0.15) is 30.7 Å². The fourth-order valence-electron chi connectivity index (χ4n) is 2.53. The lowest BCUT2D eigenvalue weighted by Gasteiger charge is -2.24. The van der Waals surface area contributed by atoms with E-state index in [1.165, 1.54) is 6.42 Å². The molecule has 0 radical (unpaired) electrons. The van der Waals surface area contributed by atoms with Crippen LogP contribution in [0.5, 0.6) is 0 Å². The van der Waals surface area contributed by atoms with E-state index in [4.69, 9.17) is 4.52 Å². The van der Waals surface area contributed by atoms with Crippen molar-refractivity contribution >= 4 is 11.6 Å². The molecule has 1 aromatic carbocycles. The van der Waals surface area contributed by atoms with Gasteiger partial charge in [0.2, 0.25) is 5.91 Å². The highest BCUT2D eigenvalue weighted by molar-refractivity contribution is 5.93. The molecular formula is C16H18N2O2. The summed E-state index contributed by atoms with van der Waals surface area (Å²) >= 11 is 0. The summed E-state index contributed by atoms with van der Waals surface area (Å²) in [5.74, 6) is 1.16. The zero-order valence-corrected chi connectivity index (χ0v) is 11.8. The van der Waals surface area contributed by atoms with Crippen molar-refractivity contribution in [3.8, 4) is 11.1 Å². The first-order valence-corrected chi connectivity index (χ1v) is 6.99. The number of nitrogens with zero attached hydrogens (tertiary/aromatic N) is 1. The molecule has 3 rings (SSSR count). The van der Waals surface area contributed by atoms with Crippen LogP contribution in [0.3, 0.4) is 0 Å². The summed E-state index contributed by atoms with van der Waals surface area (Å²) in [4.78, 5) is 11.9. The molecule has 1 amide bonds. The molecule has 1 heterocycles. The fraction of sp³-hybridized carbons (Fsp3) is 0.375. The smallest absolute Gasteiger partial charge is 0.227 e. The number of hydrogen-bond acceptors (Lipinski definition) is 3. The van der Waals surface area contributed by atoms with Gasteiger partial charge in [-0.25, -0.2) is 0 Å². The van der Waals surface area contributed by atoms with Gasteiger partial charge in [0.25, 0.3) is 0 Å². The minimum Gasteiger partial charge on any atom is -0.361 e. The Morgan fingerprint density at radius 1 is 1.25 bits per heavy atom. The van der Waals surface area contributed by atoms with E-state index in [1.54, 1.807) is 0 Å². The fourth-order valence-corrected chi connectivity index (χ4v) is 2.53. The Bertz CT molecular complexity index is 605. The summed E-state index contributed by atoms with van der Waals surface area (Å²) in [5, 5.41) is 6.93. The van der Waals surface area contributed by atoms with Gasteiger partial charge in [-0.15, -0.1) is 0 Å². The molecule has 4 nitrogen and oxygen atoms in total. The van der Waals surface area contributed by atoms with Crippen LogP contribution < -0.4 is 5.32 Å². The third kappa shape index (κ3) is 2.33. The number of aryl methyl sites for hydroxylation is 2. The standard InChI is InChI=1S/C16H18N2O2/c1-10-15(11(2)20-18-10)12-6-8-14(9-7-12)17-16(19)13-4-3-5-13/h6-9,13H,3-5H2,1-2H3,(H,17,19). The lowest BCUT2D eigenvalue weighted by molar-refractivity contribution is -0.122. The number of anilines is 1. The third-order valence-electron chi connectivity index (χ3n) is 3.95. The average molecular weight is 270 g/mol. The van der Waals surface area contributed by atoms with Gasteiger partial charge in [0.1, 0.15) is 5.76 Å². The number of rotatable bonds is 3. The van der Waals surface area contributed by atoms with Crippen LogP contribution in [0.25, 0.3) is 11.1 Å². The van der Waals surface area contributed by atoms with Gasteiger partial charge in [0, 0.05) is 17.2 Å². The lowest BCUT2D eigenvalue weighted by Crippen LogP contribution is -2.27. The molecule has 2 aromatic rings. The predicted octanol–water partition coefficient (Wildman–Crippen LogP) is 3.70. The number of carbonyl (C=O) groups excluding carboxylic acids is 1. The van der Waals surface area contributed by atoms with E-state index >= 15 is 0 Å². The monoisotopic (exact) mass is 270 g/mol. The number of amides is 1. The van der Waals surface area contributed by atoms with Crippen molar-refractivity contribution in [2.24, 2.45) is 5.92 Å². The van der Waals surface area contributed by atoms with Crippen LogP contribution in [0.15, 0.2) is 28.8 Å². The Morgan fingerprint density at radius 3 is 2.45 bits per heavy atom. The summed E-state index contributed by atoms with van der Waals surface area (Å²) in [7, 11) is 0. The van der Waals surface area contributed by atoms with Gasteiger partial charge in [-0.1, -0.05) is 23.7 Å². The van der Waals surface area contributed by atoms with Crippen LogP contribution >= 0.6 is 0 Å². The SMILES string of the molecule is Cc1noc(C)c1-c1ccc(NC(=O)C2CCC2)cc1.